The van der Waals surface area contributed by atoms with Crippen molar-refractivity contribution < 1.29 is 29.6 Å². The minimum absolute atomic E-state index is 0.0884. The molecule has 0 saturated carbocycles. The number of carbonyl (C=O) groups is 1. The second-order valence-corrected chi connectivity index (χ2v) is 7.63. The molecule has 0 aliphatic carbocycles. The van der Waals surface area contributed by atoms with E-state index in [-0.39, 0.29) is 13.2 Å². The lowest BCUT2D eigenvalue weighted by molar-refractivity contribution is -0.132. The van der Waals surface area contributed by atoms with E-state index in [0.717, 1.165) is 22.6 Å². The highest BCUT2D eigenvalue weighted by molar-refractivity contribution is 5.85. The molecule has 0 aliphatic rings. The summed E-state index contributed by atoms with van der Waals surface area (Å²) in [6.45, 7) is 4.76. The maximum absolute atomic E-state index is 11.3. The summed E-state index contributed by atoms with van der Waals surface area (Å²) in [7, 11) is 0. The Morgan fingerprint density at radius 2 is 1.29 bits per heavy atom. The monoisotopic (exact) mass is 428 g/mol. The van der Waals surface area contributed by atoms with Crippen LogP contribution in [0.1, 0.15) is 44.2 Å². The third kappa shape index (κ3) is 7.12. The van der Waals surface area contributed by atoms with Crippen molar-refractivity contribution in [2.45, 2.75) is 38.5 Å². The van der Waals surface area contributed by atoms with Crippen LogP contribution in [0.25, 0.3) is 0 Å². The first kappa shape index (κ1) is 24.4. The number of benzene rings is 2. The number of ether oxygens (including phenoxy) is 2. The summed E-state index contributed by atoms with van der Waals surface area (Å²) in [5, 5.41) is 27.1. The average molecular weight is 429 g/mol. The lowest BCUT2D eigenvalue weighted by Gasteiger charge is -2.30. The zero-order valence-electron chi connectivity index (χ0n) is 18.2. The maximum Gasteiger partial charge on any atom is 0.330 e. The van der Waals surface area contributed by atoms with Gasteiger partial charge in [0, 0.05) is 37.0 Å². The van der Waals surface area contributed by atoms with Gasteiger partial charge < -0.3 is 24.8 Å². The molecular weight excluding hydrogens is 396 g/mol. The molecule has 0 atom stereocenters. The van der Waals surface area contributed by atoms with E-state index in [9.17, 15) is 9.90 Å². The smallest absolute Gasteiger partial charge is 0.330 e. The quantitative estimate of drug-likeness (QED) is 0.330. The van der Waals surface area contributed by atoms with Gasteiger partial charge in [-0.2, -0.15) is 0 Å². The maximum atomic E-state index is 11.3. The van der Waals surface area contributed by atoms with E-state index >= 15 is 0 Å². The Kier molecular flexibility index (Phi) is 9.56. The van der Waals surface area contributed by atoms with Crippen molar-refractivity contribution in [2.24, 2.45) is 0 Å². The molecule has 0 aromatic heterocycles. The van der Waals surface area contributed by atoms with Crippen molar-refractivity contribution in [1.82, 2.24) is 0 Å². The zero-order valence-corrected chi connectivity index (χ0v) is 18.2. The highest BCUT2D eigenvalue weighted by Gasteiger charge is 2.28. The molecule has 0 spiro atoms. The number of hydrogen-bond acceptors (Lipinski definition) is 5. The zero-order chi connectivity index (χ0) is 22.7. The first-order valence-electron chi connectivity index (χ1n) is 10.5. The van der Waals surface area contributed by atoms with E-state index in [2.05, 4.69) is 6.92 Å². The van der Waals surface area contributed by atoms with Gasteiger partial charge in [0.05, 0.1) is 13.2 Å². The summed E-state index contributed by atoms with van der Waals surface area (Å²) in [6, 6.07) is 15.5. The average Bonchev–Trinajstić information content (AvgIpc) is 2.78. The summed E-state index contributed by atoms with van der Waals surface area (Å²) in [5.41, 5.74) is 1.92. The lowest BCUT2D eigenvalue weighted by atomic mass is 9.73. The van der Waals surface area contributed by atoms with E-state index in [1.165, 1.54) is 0 Å². The number of carboxylic acid groups (broad SMARTS) is 1. The molecule has 0 radical (unpaired) electrons. The lowest BCUT2D eigenvalue weighted by Crippen LogP contribution is -2.23. The fourth-order valence-electron chi connectivity index (χ4n) is 3.19. The topological polar surface area (TPSA) is 96.2 Å². The van der Waals surface area contributed by atoms with Gasteiger partial charge in [-0.1, -0.05) is 37.3 Å². The summed E-state index contributed by atoms with van der Waals surface area (Å²) >= 11 is 0. The number of aliphatic hydroxyl groups excluding tert-OH is 2. The molecule has 168 valence electrons. The molecule has 0 aliphatic heterocycles. The van der Waals surface area contributed by atoms with Crippen molar-refractivity contribution in [3.05, 3.63) is 71.3 Å². The van der Waals surface area contributed by atoms with E-state index in [4.69, 9.17) is 19.7 Å². The van der Waals surface area contributed by atoms with Crippen molar-refractivity contribution in [3.63, 3.8) is 0 Å². The highest BCUT2D eigenvalue weighted by atomic mass is 16.5. The van der Waals surface area contributed by atoms with Crippen LogP contribution in [0.3, 0.4) is 0 Å². The van der Waals surface area contributed by atoms with Crippen molar-refractivity contribution in [3.8, 4) is 11.5 Å². The Balaban J connectivity index is 2.30. The van der Waals surface area contributed by atoms with Crippen LogP contribution in [0.15, 0.2) is 60.2 Å². The molecule has 3 N–H and O–H groups in total. The standard InChI is InChI=1S/C25H32O6/c1-19(24(28)29)13-14-25(2,20-5-9-22(10-6-20)30-17-3-15-26)21-7-11-23(12-8-21)31-18-4-16-27/h5-13,26-27H,3-4,14-18H2,1-2H3,(H,28,29). The highest BCUT2D eigenvalue weighted by Crippen LogP contribution is 2.37. The molecule has 2 rings (SSSR count). The Bertz CT molecular complexity index is 786. The number of allylic oxidation sites excluding steroid dienone is 1. The normalized spacial score (nSPS) is 11.9. The predicted octanol–water partition coefficient (Wildman–Crippen LogP) is 3.94. The second kappa shape index (κ2) is 12.1. The van der Waals surface area contributed by atoms with Crippen LogP contribution in [-0.4, -0.2) is 47.7 Å². The van der Waals surface area contributed by atoms with Crippen LogP contribution >= 0.6 is 0 Å². The van der Waals surface area contributed by atoms with Crippen LogP contribution in [0.5, 0.6) is 11.5 Å². The van der Waals surface area contributed by atoms with Crippen LogP contribution in [0, 0.1) is 0 Å². The van der Waals surface area contributed by atoms with E-state index in [1.54, 1.807) is 13.0 Å². The summed E-state index contributed by atoms with van der Waals surface area (Å²) < 4.78 is 11.3. The van der Waals surface area contributed by atoms with Crippen molar-refractivity contribution >= 4 is 5.97 Å². The number of hydrogen-bond donors (Lipinski definition) is 3. The first-order valence-corrected chi connectivity index (χ1v) is 10.5. The Labute approximate surface area is 183 Å². The Hall–Kier alpha value is -2.83. The first-order chi connectivity index (χ1) is 14.9. The van der Waals surface area contributed by atoms with Crippen molar-refractivity contribution in [2.75, 3.05) is 26.4 Å². The molecular formula is C25H32O6. The minimum Gasteiger partial charge on any atom is -0.494 e. The van der Waals surface area contributed by atoms with Gasteiger partial charge in [-0.3, -0.25) is 0 Å². The van der Waals surface area contributed by atoms with Crippen LogP contribution in [0.4, 0.5) is 0 Å². The molecule has 0 fully saturated rings. The van der Waals surface area contributed by atoms with E-state index < -0.39 is 11.4 Å². The predicted molar refractivity (Wildman–Crippen MR) is 120 cm³/mol. The molecule has 0 bridgehead atoms. The van der Waals surface area contributed by atoms with Crippen LogP contribution in [-0.2, 0) is 10.2 Å². The van der Waals surface area contributed by atoms with Gasteiger partial charge in [0.25, 0.3) is 0 Å². The van der Waals surface area contributed by atoms with E-state index in [1.807, 2.05) is 48.5 Å². The molecule has 0 saturated heterocycles. The van der Waals surface area contributed by atoms with Gasteiger partial charge in [-0.05, 0) is 48.7 Å². The van der Waals surface area contributed by atoms with Gasteiger partial charge in [0.15, 0.2) is 0 Å². The van der Waals surface area contributed by atoms with Gasteiger partial charge in [0.2, 0.25) is 0 Å². The second-order valence-electron chi connectivity index (χ2n) is 7.63. The Morgan fingerprint density at radius 3 is 1.65 bits per heavy atom. The van der Waals surface area contributed by atoms with Crippen LogP contribution < -0.4 is 9.47 Å². The number of aliphatic carboxylic acids is 1. The molecule has 0 unspecified atom stereocenters. The molecule has 2 aromatic carbocycles. The molecule has 6 nitrogen and oxygen atoms in total. The van der Waals surface area contributed by atoms with Gasteiger partial charge >= 0.3 is 5.97 Å². The molecule has 6 heteroatoms. The van der Waals surface area contributed by atoms with Gasteiger partial charge in [0.1, 0.15) is 11.5 Å². The third-order valence-corrected chi connectivity index (χ3v) is 5.28. The molecule has 0 heterocycles. The number of aliphatic hydroxyl groups is 2. The molecule has 2 aromatic rings. The summed E-state index contributed by atoms with van der Waals surface area (Å²) in [6.07, 6.45) is 3.41. The largest absolute Gasteiger partial charge is 0.494 e. The summed E-state index contributed by atoms with van der Waals surface area (Å²) in [4.78, 5) is 11.3. The molecule has 0 amide bonds. The number of carboxylic acids is 1. The minimum atomic E-state index is -0.928. The fourth-order valence-corrected chi connectivity index (χ4v) is 3.19. The number of rotatable bonds is 13. The van der Waals surface area contributed by atoms with Crippen molar-refractivity contribution in [1.29, 1.82) is 0 Å². The van der Waals surface area contributed by atoms with Crippen LogP contribution in [0.2, 0.25) is 0 Å². The SMILES string of the molecule is CC(=CCC(C)(c1ccc(OCCCO)cc1)c1ccc(OCCCO)cc1)C(=O)O. The Morgan fingerprint density at radius 1 is 0.871 bits per heavy atom. The third-order valence-electron chi connectivity index (χ3n) is 5.28. The molecule has 31 heavy (non-hydrogen) atoms. The summed E-state index contributed by atoms with van der Waals surface area (Å²) in [5.74, 6) is 0.525. The van der Waals surface area contributed by atoms with Gasteiger partial charge in [-0.15, -0.1) is 0 Å². The fraction of sp³-hybridized carbons (Fsp3) is 0.400. The van der Waals surface area contributed by atoms with Gasteiger partial charge in [-0.25, -0.2) is 4.79 Å². The van der Waals surface area contributed by atoms with E-state index in [0.29, 0.717) is 38.0 Å².